The number of thiazole rings is 1. The lowest BCUT2D eigenvalue weighted by atomic mass is 10.0. The van der Waals surface area contributed by atoms with Crippen molar-refractivity contribution in [2.45, 2.75) is 32.1 Å². The van der Waals surface area contributed by atoms with Crippen molar-refractivity contribution in [3.63, 3.8) is 0 Å². The van der Waals surface area contributed by atoms with Crippen LogP contribution in [0.4, 0.5) is 0 Å². The van der Waals surface area contributed by atoms with Crippen molar-refractivity contribution in [1.82, 2.24) is 14.7 Å². The highest BCUT2D eigenvalue weighted by Crippen LogP contribution is 2.28. The van der Waals surface area contributed by atoms with Gasteiger partial charge in [-0.2, -0.15) is 0 Å². The Labute approximate surface area is 125 Å². The first-order valence-corrected chi connectivity index (χ1v) is 7.95. The largest absolute Gasteiger partial charge is 0.396 e. The highest BCUT2D eigenvalue weighted by molar-refractivity contribution is 7.17. The molecular weight excluding hydrogens is 290 g/mol. The summed E-state index contributed by atoms with van der Waals surface area (Å²) in [5.41, 5.74) is 0.793. The Morgan fingerprint density at radius 1 is 1.43 bits per heavy atom. The maximum absolute atomic E-state index is 12.6. The summed E-state index contributed by atoms with van der Waals surface area (Å²) in [6.45, 7) is 0.355. The lowest BCUT2D eigenvalue weighted by Crippen LogP contribution is -2.32. The van der Waals surface area contributed by atoms with E-state index in [0.29, 0.717) is 17.9 Å². The second-order valence-electron chi connectivity index (χ2n) is 5.11. The summed E-state index contributed by atoms with van der Waals surface area (Å²) in [5.74, 6) is -0.425. The van der Waals surface area contributed by atoms with Crippen LogP contribution in [0.3, 0.4) is 0 Å². The van der Waals surface area contributed by atoms with Gasteiger partial charge in [-0.05, 0) is 32.1 Å². The van der Waals surface area contributed by atoms with Crippen LogP contribution >= 0.6 is 11.3 Å². The maximum Gasteiger partial charge on any atom is 0.271 e. The number of aliphatic hydroxyl groups is 1. The summed E-state index contributed by atoms with van der Waals surface area (Å²) in [4.78, 5) is 30.7. The monoisotopic (exact) mass is 307 g/mol. The zero-order valence-electron chi connectivity index (χ0n) is 11.6. The van der Waals surface area contributed by atoms with Gasteiger partial charge in [-0.15, -0.1) is 11.3 Å². The number of carbonyl (C=O) groups excluding carboxylic acids is 1. The van der Waals surface area contributed by atoms with E-state index < -0.39 is 5.91 Å². The smallest absolute Gasteiger partial charge is 0.271 e. The predicted molar refractivity (Wildman–Crippen MR) is 80.0 cm³/mol. The average molecular weight is 307 g/mol. The second-order valence-corrected chi connectivity index (χ2v) is 6.17. The second kappa shape index (κ2) is 5.95. The minimum atomic E-state index is -0.425. The number of aryl methyl sites for hydroxylation is 2. The minimum absolute atomic E-state index is 0.00852. The molecule has 0 radical (unpaired) electrons. The van der Waals surface area contributed by atoms with Crippen LogP contribution in [0.2, 0.25) is 0 Å². The van der Waals surface area contributed by atoms with E-state index in [4.69, 9.17) is 5.11 Å². The fraction of sp³-hybridized carbons (Fsp3) is 0.500. The minimum Gasteiger partial charge on any atom is -0.396 e. The molecule has 6 nitrogen and oxygen atoms in total. The van der Waals surface area contributed by atoms with E-state index in [0.717, 1.165) is 31.4 Å². The van der Waals surface area contributed by atoms with Gasteiger partial charge in [-0.1, -0.05) is 0 Å². The number of aromatic nitrogens is 2. The van der Waals surface area contributed by atoms with Crippen LogP contribution in [-0.2, 0) is 12.8 Å². The molecule has 0 atom stereocenters. The fourth-order valence-electron chi connectivity index (χ4n) is 2.60. The summed E-state index contributed by atoms with van der Waals surface area (Å²) in [6, 6.07) is 0. The number of nitrogens with zero attached hydrogens (tertiary/aromatic N) is 2. The summed E-state index contributed by atoms with van der Waals surface area (Å²) < 4.78 is 1.60. The van der Waals surface area contributed by atoms with Gasteiger partial charge in [0, 0.05) is 29.9 Å². The van der Waals surface area contributed by atoms with Crippen LogP contribution in [0.5, 0.6) is 0 Å². The van der Waals surface area contributed by atoms with Crippen molar-refractivity contribution in [2.75, 3.05) is 13.2 Å². The molecule has 0 spiro atoms. The zero-order valence-corrected chi connectivity index (χ0v) is 12.4. The Morgan fingerprint density at radius 2 is 2.24 bits per heavy atom. The molecule has 0 unspecified atom stereocenters. The topological polar surface area (TPSA) is 83.7 Å². The zero-order chi connectivity index (χ0) is 14.8. The quantitative estimate of drug-likeness (QED) is 0.816. The molecule has 0 fully saturated rings. The van der Waals surface area contributed by atoms with Crippen LogP contribution in [0.15, 0.2) is 11.0 Å². The van der Waals surface area contributed by atoms with Gasteiger partial charge in [-0.3, -0.25) is 14.0 Å². The lowest BCUT2D eigenvalue weighted by Gasteiger charge is -2.10. The molecule has 1 amide bonds. The van der Waals surface area contributed by atoms with E-state index in [-0.39, 0.29) is 17.7 Å². The molecule has 2 heterocycles. The molecule has 1 aliphatic carbocycles. The number of hydrogen-bond acceptors (Lipinski definition) is 5. The Kier molecular flexibility index (Phi) is 4.03. The third-order valence-corrected chi connectivity index (χ3v) is 4.82. The highest BCUT2D eigenvalue weighted by Gasteiger charge is 2.21. The normalized spacial score (nSPS) is 14.1. The van der Waals surface area contributed by atoms with Crippen LogP contribution in [0.1, 0.15) is 40.2 Å². The molecule has 0 aliphatic heterocycles. The summed E-state index contributed by atoms with van der Waals surface area (Å²) >= 11 is 1.54. The molecule has 112 valence electrons. The maximum atomic E-state index is 12.6. The van der Waals surface area contributed by atoms with E-state index in [1.807, 2.05) is 0 Å². The number of hydrogen-bond donors (Lipinski definition) is 2. The van der Waals surface area contributed by atoms with E-state index in [9.17, 15) is 9.59 Å². The molecule has 0 bridgehead atoms. The molecule has 21 heavy (non-hydrogen) atoms. The first-order valence-electron chi connectivity index (χ1n) is 7.13. The number of carbonyl (C=O) groups is 1. The Morgan fingerprint density at radius 3 is 3.05 bits per heavy atom. The van der Waals surface area contributed by atoms with Crippen molar-refractivity contribution in [1.29, 1.82) is 0 Å². The van der Waals surface area contributed by atoms with Crippen molar-refractivity contribution >= 4 is 22.2 Å². The Hall–Kier alpha value is -1.73. The summed E-state index contributed by atoms with van der Waals surface area (Å²) in [6.07, 6.45) is 5.89. The molecule has 2 aromatic rings. The molecule has 1 aliphatic rings. The summed E-state index contributed by atoms with van der Waals surface area (Å²) in [7, 11) is 0. The third-order valence-electron chi connectivity index (χ3n) is 3.67. The first-order chi connectivity index (χ1) is 10.2. The molecular formula is C14H17N3O3S. The standard InChI is InChI=1S/C14H17N3O3S/c18-7-3-6-15-12(19)9-8-16-14-17(13(9)20)10-4-1-2-5-11(10)21-14/h8,18H,1-7H2,(H,15,19). The van der Waals surface area contributed by atoms with Gasteiger partial charge >= 0.3 is 0 Å². The molecule has 0 saturated heterocycles. The van der Waals surface area contributed by atoms with E-state index in [2.05, 4.69) is 10.3 Å². The molecule has 2 aromatic heterocycles. The van der Waals surface area contributed by atoms with Crippen molar-refractivity contribution in [3.8, 4) is 0 Å². The van der Waals surface area contributed by atoms with Crippen molar-refractivity contribution < 1.29 is 9.90 Å². The average Bonchev–Trinajstić information content (AvgIpc) is 2.87. The van der Waals surface area contributed by atoms with Gasteiger partial charge in [0.25, 0.3) is 11.5 Å². The summed E-state index contributed by atoms with van der Waals surface area (Å²) in [5, 5.41) is 11.4. The molecule has 7 heteroatoms. The van der Waals surface area contributed by atoms with Crippen molar-refractivity contribution in [3.05, 3.63) is 32.7 Å². The molecule has 0 aromatic carbocycles. The SMILES string of the molecule is O=C(NCCCO)c1cnc2sc3c(n2c1=O)CCCC3. The first kappa shape index (κ1) is 14.2. The van der Waals surface area contributed by atoms with Crippen LogP contribution in [-0.4, -0.2) is 33.6 Å². The predicted octanol–water partition coefficient (Wildman–Crippen LogP) is 0.747. The number of rotatable bonds is 4. The molecule has 0 saturated carbocycles. The van der Waals surface area contributed by atoms with E-state index in [1.54, 1.807) is 15.7 Å². The van der Waals surface area contributed by atoms with Crippen LogP contribution < -0.4 is 10.9 Å². The Bertz CT molecular complexity index is 735. The third kappa shape index (κ3) is 2.58. The number of nitrogens with one attached hydrogen (secondary N) is 1. The number of amides is 1. The van der Waals surface area contributed by atoms with Gasteiger partial charge in [0.1, 0.15) is 5.56 Å². The molecule has 2 N–H and O–H groups in total. The number of aliphatic hydroxyl groups excluding tert-OH is 1. The highest BCUT2D eigenvalue weighted by atomic mass is 32.1. The van der Waals surface area contributed by atoms with Gasteiger partial charge in [-0.25, -0.2) is 4.98 Å². The van der Waals surface area contributed by atoms with Gasteiger partial charge in [0.15, 0.2) is 4.96 Å². The number of fused-ring (bicyclic) bond motifs is 3. The van der Waals surface area contributed by atoms with Gasteiger partial charge < -0.3 is 10.4 Å². The van der Waals surface area contributed by atoms with E-state index >= 15 is 0 Å². The van der Waals surface area contributed by atoms with Crippen LogP contribution in [0.25, 0.3) is 4.96 Å². The van der Waals surface area contributed by atoms with Gasteiger partial charge in [0.2, 0.25) is 0 Å². The lowest BCUT2D eigenvalue weighted by molar-refractivity contribution is 0.0949. The fourth-order valence-corrected chi connectivity index (χ4v) is 3.77. The van der Waals surface area contributed by atoms with Gasteiger partial charge in [0.05, 0.1) is 0 Å². The Balaban J connectivity index is 1.99. The van der Waals surface area contributed by atoms with Crippen molar-refractivity contribution in [2.24, 2.45) is 0 Å². The van der Waals surface area contributed by atoms with Crippen LogP contribution in [0, 0.1) is 0 Å². The van der Waals surface area contributed by atoms with E-state index in [1.165, 1.54) is 11.1 Å². The molecule has 3 rings (SSSR count).